The van der Waals surface area contributed by atoms with Crippen LogP contribution in [0, 0.1) is 0 Å². The van der Waals surface area contributed by atoms with Gasteiger partial charge in [-0.15, -0.1) is 11.3 Å². The number of carbonyl (C=O) groups excluding carboxylic acids is 1. The first-order valence-corrected chi connectivity index (χ1v) is 11.3. The zero-order chi connectivity index (χ0) is 20.1. The number of aromatic nitrogens is 2. The molecule has 4 rings (SSSR count). The summed E-state index contributed by atoms with van der Waals surface area (Å²) in [5, 5.41) is 10.0. The molecule has 0 atom stereocenters. The molecule has 5 nitrogen and oxygen atoms in total. The summed E-state index contributed by atoms with van der Waals surface area (Å²) in [5.74, 6) is -0.0254. The van der Waals surface area contributed by atoms with E-state index < -0.39 is 0 Å². The Morgan fingerprint density at radius 1 is 1.17 bits per heavy atom. The molecule has 29 heavy (non-hydrogen) atoms. The summed E-state index contributed by atoms with van der Waals surface area (Å²) in [6, 6.07) is 14.2. The first-order valence-electron chi connectivity index (χ1n) is 10.5. The molecule has 6 heteroatoms. The summed E-state index contributed by atoms with van der Waals surface area (Å²) >= 11 is 1.61. The lowest BCUT2D eigenvalue weighted by atomic mass is 10.0. The fourth-order valence-corrected chi connectivity index (χ4v) is 4.52. The minimum Gasteiger partial charge on any atom is -0.349 e. The number of benzene rings is 1. The second kappa shape index (κ2) is 9.37. The Hall–Kier alpha value is -2.44. The number of piperidine rings is 1. The van der Waals surface area contributed by atoms with Crippen LogP contribution in [0.4, 0.5) is 0 Å². The number of amides is 1. The van der Waals surface area contributed by atoms with E-state index in [1.807, 2.05) is 54.0 Å². The van der Waals surface area contributed by atoms with Crippen LogP contribution in [-0.4, -0.2) is 46.3 Å². The van der Waals surface area contributed by atoms with E-state index in [4.69, 9.17) is 5.10 Å². The van der Waals surface area contributed by atoms with Gasteiger partial charge in [-0.1, -0.05) is 37.6 Å². The van der Waals surface area contributed by atoms with E-state index in [9.17, 15) is 4.79 Å². The first-order chi connectivity index (χ1) is 14.2. The average molecular weight is 409 g/mol. The maximum absolute atomic E-state index is 13.2. The van der Waals surface area contributed by atoms with Gasteiger partial charge in [-0.3, -0.25) is 4.79 Å². The van der Waals surface area contributed by atoms with E-state index in [0.717, 1.165) is 42.2 Å². The second-order valence-electron chi connectivity index (χ2n) is 7.59. The zero-order valence-corrected chi connectivity index (χ0v) is 17.7. The lowest BCUT2D eigenvalue weighted by molar-refractivity contribution is 0.0911. The maximum Gasteiger partial charge on any atom is 0.255 e. The third-order valence-corrected chi connectivity index (χ3v) is 6.36. The largest absolute Gasteiger partial charge is 0.349 e. The Kier molecular flexibility index (Phi) is 6.42. The van der Waals surface area contributed by atoms with Gasteiger partial charge >= 0.3 is 0 Å². The molecule has 0 radical (unpaired) electrons. The molecule has 0 saturated carbocycles. The normalized spacial score (nSPS) is 15.5. The summed E-state index contributed by atoms with van der Waals surface area (Å²) in [7, 11) is 0. The molecule has 0 aliphatic carbocycles. The van der Waals surface area contributed by atoms with Gasteiger partial charge in [-0.05, 0) is 49.4 Å². The van der Waals surface area contributed by atoms with Crippen molar-refractivity contribution in [2.24, 2.45) is 0 Å². The number of likely N-dealkylation sites (tertiary alicyclic amines) is 1. The smallest absolute Gasteiger partial charge is 0.255 e. The Morgan fingerprint density at radius 3 is 2.66 bits per heavy atom. The van der Waals surface area contributed by atoms with Crippen LogP contribution in [0.25, 0.3) is 16.3 Å². The molecule has 1 aliphatic heterocycles. The second-order valence-corrected chi connectivity index (χ2v) is 8.54. The molecular weight excluding hydrogens is 380 g/mol. The molecule has 3 heterocycles. The molecule has 3 aromatic rings. The van der Waals surface area contributed by atoms with Gasteiger partial charge < -0.3 is 10.2 Å². The Labute approximate surface area is 176 Å². The lowest BCUT2D eigenvalue weighted by Crippen LogP contribution is -2.44. The van der Waals surface area contributed by atoms with Crippen LogP contribution in [0.5, 0.6) is 0 Å². The number of hydrogen-bond donors (Lipinski definition) is 1. The predicted molar refractivity (Wildman–Crippen MR) is 119 cm³/mol. The quantitative estimate of drug-likeness (QED) is 0.622. The van der Waals surface area contributed by atoms with E-state index in [1.165, 1.54) is 19.4 Å². The number of nitrogens with one attached hydrogen (secondary N) is 1. The first kappa shape index (κ1) is 19.9. The van der Waals surface area contributed by atoms with Crippen molar-refractivity contribution in [3.63, 3.8) is 0 Å². The molecular formula is C23H28N4OS. The number of carbonyl (C=O) groups is 1. The lowest BCUT2D eigenvalue weighted by Gasteiger charge is -2.32. The zero-order valence-electron chi connectivity index (χ0n) is 16.9. The van der Waals surface area contributed by atoms with Crippen LogP contribution < -0.4 is 5.32 Å². The van der Waals surface area contributed by atoms with Gasteiger partial charge in [0.15, 0.2) is 0 Å². The van der Waals surface area contributed by atoms with Crippen LogP contribution >= 0.6 is 11.3 Å². The standard InChI is InChI=1S/C23H28N4OS/c1-2-3-13-26-14-11-18(12-15-26)24-23(28)20-17-27(19-8-5-4-6-9-19)25-22(20)21-10-7-16-29-21/h4-10,16-18H,2-3,11-15H2,1H3,(H,24,28). The molecule has 1 N–H and O–H groups in total. The van der Waals surface area contributed by atoms with Crippen molar-refractivity contribution in [3.05, 3.63) is 59.6 Å². The third-order valence-electron chi connectivity index (χ3n) is 5.48. The number of thiophene rings is 1. The van der Waals surface area contributed by atoms with E-state index in [1.54, 1.807) is 16.0 Å². The van der Waals surface area contributed by atoms with Crippen LogP contribution in [0.1, 0.15) is 43.0 Å². The number of nitrogens with zero attached hydrogens (tertiary/aromatic N) is 3. The Morgan fingerprint density at radius 2 is 1.97 bits per heavy atom. The monoisotopic (exact) mass is 408 g/mol. The minimum absolute atomic E-state index is 0.0254. The van der Waals surface area contributed by atoms with Crippen molar-refractivity contribution in [3.8, 4) is 16.3 Å². The molecule has 1 fully saturated rings. The third kappa shape index (κ3) is 4.77. The highest BCUT2D eigenvalue weighted by Gasteiger charge is 2.24. The average Bonchev–Trinajstić information content (AvgIpc) is 3.44. The molecule has 0 unspecified atom stereocenters. The highest BCUT2D eigenvalue weighted by Crippen LogP contribution is 2.28. The summed E-state index contributed by atoms with van der Waals surface area (Å²) in [5.41, 5.74) is 2.35. The van der Waals surface area contributed by atoms with Gasteiger partial charge in [-0.25, -0.2) is 4.68 Å². The van der Waals surface area contributed by atoms with Crippen molar-refractivity contribution in [1.82, 2.24) is 20.0 Å². The molecule has 1 aliphatic rings. The van der Waals surface area contributed by atoms with E-state index >= 15 is 0 Å². The van der Waals surface area contributed by atoms with Crippen LogP contribution in [0.15, 0.2) is 54.0 Å². The van der Waals surface area contributed by atoms with Gasteiger partial charge in [0.05, 0.1) is 16.1 Å². The van der Waals surface area contributed by atoms with Crippen LogP contribution in [0.3, 0.4) is 0 Å². The summed E-state index contributed by atoms with van der Waals surface area (Å²) in [6.45, 7) is 5.52. The Balaban J connectivity index is 1.50. The van der Waals surface area contributed by atoms with Gasteiger partial charge in [0.25, 0.3) is 5.91 Å². The van der Waals surface area contributed by atoms with Gasteiger partial charge in [0.1, 0.15) is 5.69 Å². The van der Waals surface area contributed by atoms with E-state index in [-0.39, 0.29) is 11.9 Å². The van der Waals surface area contributed by atoms with E-state index in [0.29, 0.717) is 5.56 Å². The fraction of sp³-hybridized carbons (Fsp3) is 0.391. The van der Waals surface area contributed by atoms with Crippen molar-refractivity contribution in [2.75, 3.05) is 19.6 Å². The van der Waals surface area contributed by atoms with Crippen molar-refractivity contribution in [1.29, 1.82) is 0 Å². The summed E-state index contributed by atoms with van der Waals surface area (Å²) in [4.78, 5) is 16.7. The van der Waals surface area contributed by atoms with Gasteiger partial charge in [-0.2, -0.15) is 5.10 Å². The highest BCUT2D eigenvalue weighted by atomic mass is 32.1. The highest BCUT2D eigenvalue weighted by molar-refractivity contribution is 7.13. The molecule has 0 spiro atoms. The maximum atomic E-state index is 13.2. The fourth-order valence-electron chi connectivity index (χ4n) is 3.79. The SMILES string of the molecule is CCCCN1CCC(NC(=O)c2cn(-c3ccccc3)nc2-c2cccs2)CC1. The summed E-state index contributed by atoms with van der Waals surface area (Å²) < 4.78 is 1.80. The summed E-state index contributed by atoms with van der Waals surface area (Å²) in [6.07, 6.45) is 6.36. The van der Waals surface area contributed by atoms with Crippen molar-refractivity contribution >= 4 is 17.2 Å². The number of para-hydroxylation sites is 1. The van der Waals surface area contributed by atoms with Gasteiger partial charge in [0, 0.05) is 25.3 Å². The van der Waals surface area contributed by atoms with E-state index in [2.05, 4.69) is 17.1 Å². The minimum atomic E-state index is -0.0254. The molecule has 1 saturated heterocycles. The van der Waals surface area contributed by atoms with Gasteiger partial charge in [0.2, 0.25) is 0 Å². The molecule has 152 valence electrons. The Bertz CT molecular complexity index is 912. The molecule has 1 aromatic carbocycles. The van der Waals surface area contributed by atoms with Crippen LogP contribution in [0.2, 0.25) is 0 Å². The topological polar surface area (TPSA) is 50.2 Å². The molecule has 1 amide bonds. The van der Waals surface area contributed by atoms with Crippen LogP contribution in [-0.2, 0) is 0 Å². The number of unbranched alkanes of at least 4 members (excludes halogenated alkanes) is 1. The number of hydrogen-bond acceptors (Lipinski definition) is 4. The molecule has 2 aromatic heterocycles. The molecule has 0 bridgehead atoms. The predicted octanol–water partition coefficient (Wildman–Crippen LogP) is 4.60. The number of rotatable bonds is 7. The van der Waals surface area contributed by atoms with Crippen molar-refractivity contribution < 1.29 is 4.79 Å². The van der Waals surface area contributed by atoms with Crippen molar-refractivity contribution in [2.45, 2.75) is 38.6 Å².